The molecule has 26 heavy (non-hydrogen) atoms. The Hall–Kier alpha value is -2.28. The smallest absolute Gasteiger partial charge is 0.309 e. The zero-order chi connectivity index (χ0) is 18.9. The van der Waals surface area contributed by atoms with E-state index in [0.717, 1.165) is 32.5 Å². The predicted octanol–water partition coefficient (Wildman–Crippen LogP) is 0.890. The van der Waals surface area contributed by atoms with Gasteiger partial charge in [0.05, 0.1) is 58.5 Å². The van der Waals surface area contributed by atoms with Crippen molar-refractivity contribution in [2.24, 2.45) is 5.92 Å². The minimum Gasteiger partial charge on any atom is -0.497 e. The van der Waals surface area contributed by atoms with Crippen molar-refractivity contribution in [2.75, 3.05) is 45.8 Å². The molecule has 1 amide bonds. The number of piperidine rings is 1. The first-order chi connectivity index (χ1) is 12.6. The minimum atomic E-state index is -0.0885. The van der Waals surface area contributed by atoms with E-state index in [1.54, 1.807) is 32.4 Å². The van der Waals surface area contributed by atoms with Crippen LogP contribution < -0.4 is 19.7 Å². The Bertz CT molecular complexity index is 612. The monoisotopic (exact) mass is 365 g/mol. The molecular formula is C19H29N2O5+. The van der Waals surface area contributed by atoms with Crippen LogP contribution in [-0.4, -0.2) is 52.3 Å². The molecule has 0 atom stereocenters. The van der Waals surface area contributed by atoms with E-state index in [9.17, 15) is 9.59 Å². The van der Waals surface area contributed by atoms with E-state index in [1.807, 2.05) is 6.92 Å². The molecule has 1 fully saturated rings. The number of quaternary nitrogens is 1. The van der Waals surface area contributed by atoms with Gasteiger partial charge >= 0.3 is 5.97 Å². The molecule has 2 rings (SSSR count). The van der Waals surface area contributed by atoms with Gasteiger partial charge in [0.25, 0.3) is 0 Å². The molecule has 1 saturated heterocycles. The van der Waals surface area contributed by atoms with Crippen LogP contribution in [-0.2, 0) is 14.3 Å². The number of esters is 1. The maximum atomic E-state index is 12.3. The van der Waals surface area contributed by atoms with Gasteiger partial charge in [-0.2, -0.15) is 0 Å². The molecule has 1 heterocycles. The molecule has 0 saturated carbocycles. The first-order valence-electron chi connectivity index (χ1n) is 9.09. The Balaban J connectivity index is 1.79. The third-order valence-electron chi connectivity index (χ3n) is 4.70. The van der Waals surface area contributed by atoms with Crippen LogP contribution in [0.15, 0.2) is 18.2 Å². The number of carbonyl (C=O) groups is 2. The summed E-state index contributed by atoms with van der Waals surface area (Å²) in [6.07, 6.45) is 2.05. The number of hydrogen-bond acceptors (Lipinski definition) is 5. The van der Waals surface area contributed by atoms with Crippen LogP contribution >= 0.6 is 0 Å². The summed E-state index contributed by atoms with van der Waals surface area (Å²) in [5.74, 6) is 1.12. The number of carbonyl (C=O) groups excluding carboxylic acids is 2. The summed E-state index contributed by atoms with van der Waals surface area (Å²) in [6.45, 7) is 4.78. The van der Waals surface area contributed by atoms with Gasteiger partial charge in [-0.05, 0) is 19.1 Å². The van der Waals surface area contributed by atoms with Crippen molar-refractivity contribution in [3.8, 4) is 11.5 Å². The Kier molecular flexibility index (Phi) is 7.72. The molecule has 0 bridgehead atoms. The Morgan fingerprint density at radius 1 is 1.19 bits per heavy atom. The summed E-state index contributed by atoms with van der Waals surface area (Å²) in [7, 11) is 3.14. The standard InChI is InChI=1S/C19H28N2O5/c1-4-26-19(23)14-7-10-21(11-8-14)12-9-18(22)20-16-13-15(24-2)5-6-17(16)25-3/h5-6,13-14H,4,7-12H2,1-3H3,(H,20,22)/p+1. The number of hydrogen-bond donors (Lipinski definition) is 2. The van der Waals surface area contributed by atoms with Gasteiger partial charge in [-0.3, -0.25) is 9.59 Å². The summed E-state index contributed by atoms with van der Waals surface area (Å²) < 4.78 is 15.6. The number of likely N-dealkylation sites (tertiary alicyclic amines) is 1. The number of nitrogens with one attached hydrogen (secondary N) is 2. The molecule has 0 spiro atoms. The van der Waals surface area contributed by atoms with Crippen LogP contribution in [0.2, 0.25) is 0 Å². The Morgan fingerprint density at radius 3 is 2.54 bits per heavy atom. The fourth-order valence-corrected chi connectivity index (χ4v) is 3.19. The van der Waals surface area contributed by atoms with Crippen molar-refractivity contribution in [3.05, 3.63) is 18.2 Å². The maximum absolute atomic E-state index is 12.3. The largest absolute Gasteiger partial charge is 0.497 e. The van der Waals surface area contributed by atoms with Crippen LogP contribution in [0, 0.1) is 5.92 Å². The average Bonchev–Trinajstić information content (AvgIpc) is 2.67. The molecule has 2 N–H and O–H groups in total. The first-order valence-corrected chi connectivity index (χ1v) is 9.09. The highest BCUT2D eigenvalue weighted by Gasteiger charge is 2.28. The van der Waals surface area contributed by atoms with Gasteiger partial charge < -0.3 is 24.4 Å². The van der Waals surface area contributed by atoms with Gasteiger partial charge in [0.15, 0.2) is 0 Å². The van der Waals surface area contributed by atoms with E-state index < -0.39 is 0 Å². The van der Waals surface area contributed by atoms with Crippen LogP contribution in [0.5, 0.6) is 11.5 Å². The number of methoxy groups -OCH3 is 2. The van der Waals surface area contributed by atoms with Gasteiger partial charge in [0.1, 0.15) is 11.5 Å². The van der Waals surface area contributed by atoms with Crippen LogP contribution in [0.3, 0.4) is 0 Å². The molecule has 7 nitrogen and oxygen atoms in total. The van der Waals surface area contributed by atoms with Gasteiger partial charge in [0.2, 0.25) is 5.91 Å². The fraction of sp³-hybridized carbons (Fsp3) is 0.579. The zero-order valence-electron chi connectivity index (χ0n) is 15.8. The molecule has 144 valence electrons. The summed E-state index contributed by atoms with van der Waals surface area (Å²) in [5.41, 5.74) is 0.605. The lowest BCUT2D eigenvalue weighted by molar-refractivity contribution is -0.905. The van der Waals surface area contributed by atoms with Crippen LogP contribution in [0.25, 0.3) is 0 Å². The highest BCUT2D eigenvalue weighted by Crippen LogP contribution is 2.28. The first kappa shape index (κ1) is 20.0. The van der Waals surface area contributed by atoms with E-state index in [1.165, 1.54) is 4.90 Å². The molecule has 0 unspecified atom stereocenters. The molecule has 0 aliphatic carbocycles. The quantitative estimate of drug-likeness (QED) is 0.669. The minimum absolute atomic E-state index is 0.00794. The van der Waals surface area contributed by atoms with E-state index in [2.05, 4.69) is 5.32 Å². The van der Waals surface area contributed by atoms with Gasteiger partial charge in [-0.25, -0.2) is 0 Å². The third-order valence-corrected chi connectivity index (χ3v) is 4.70. The van der Waals surface area contributed by atoms with Gasteiger partial charge in [0, 0.05) is 18.9 Å². The molecule has 1 aromatic carbocycles. The van der Waals surface area contributed by atoms with Crippen molar-refractivity contribution in [3.63, 3.8) is 0 Å². The van der Waals surface area contributed by atoms with Crippen molar-refractivity contribution < 1.29 is 28.7 Å². The number of benzene rings is 1. The molecule has 7 heteroatoms. The van der Waals surface area contributed by atoms with Gasteiger partial charge in [-0.15, -0.1) is 0 Å². The lowest BCUT2D eigenvalue weighted by atomic mass is 9.97. The van der Waals surface area contributed by atoms with E-state index in [0.29, 0.717) is 30.2 Å². The second-order valence-electron chi connectivity index (χ2n) is 6.39. The summed E-state index contributed by atoms with van der Waals surface area (Å²) >= 11 is 0. The SMILES string of the molecule is CCOC(=O)C1CC[NH+](CCC(=O)Nc2cc(OC)ccc2OC)CC1. The number of anilines is 1. The molecule has 0 radical (unpaired) electrons. The highest BCUT2D eigenvalue weighted by molar-refractivity contribution is 5.92. The van der Waals surface area contributed by atoms with Crippen molar-refractivity contribution in [2.45, 2.75) is 26.2 Å². The number of amides is 1. The third kappa shape index (κ3) is 5.62. The molecule has 1 aromatic rings. The summed E-state index contributed by atoms with van der Waals surface area (Å²) in [4.78, 5) is 25.4. The highest BCUT2D eigenvalue weighted by atomic mass is 16.5. The number of ether oxygens (including phenoxy) is 3. The molecule has 0 aromatic heterocycles. The van der Waals surface area contributed by atoms with Crippen molar-refractivity contribution in [1.82, 2.24) is 0 Å². The van der Waals surface area contributed by atoms with E-state index in [-0.39, 0.29) is 17.8 Å². The molecule has 1 aliphatic rings. The van der Waals surface area contributed by atoms with E-state index in [4.69, 9.17) is 14.2 Å². The van der Waals surface area contributed by atoms with Crippen LogP contribution in [0.4, 0.5) is 5.69 Å². The lowest BCUT2D eigenvalue weighted by Crippen LogP contribution is -3.13. The van der Waals surface area contributed by atoms with Gasteiger partial charge in [-0.1, -0.05) is 0 Å². The molecule has 1 aliphatic heterocycles. The molecular weight excluding hydrogens is 336 g/mol. The maximum Gasteiger partial charge on any atom is 0.309 e. The van der Waals surface area contributed by atoms with Crippen LogP contribution in [0.1, 0.15) is 26.2 Å². The Morgan fingerprint density at radius 2 is 1.92 bits per heavy atom. The Labute approximate surface area is 154 Å². The zero-order valence-corrected chi connectivity index (χ0v) is 15.8. The average molecular weight is 365 g/mol. The number of rotatable bonds is 8. The summed E-state index contributed by atoms with van der Waals surface area (Å²) in [6, 6.07) is 5.29. The summed E-state index contributed by atoms with van der Waals surface area (Å²) in [5, 5.41) is 2.89. The lowest BCUT2D eigenvalue weighted by Gasteiger charge is -2.27. The normalized spacial score (nSPS) is 19.5. The van der Waals surface area contributed by atoms with E-state index >= 15 is 0 Å². The second-order valence-corrected chi connectivity index (χ2v) is 6.39. The topological polar surface area (TPSA) is 78.3 Å². The predicted molar refractivity (Wildman–Crippen MR) is 97.7 cm³/mol. The second kappa shape index (κ2) is 10.0. The van der Waals surface area contributed by atoms with Crippen molar-refractivity contribution in [1.29, 1.82) is 0 Å². The van der Waals surface area contributed by atoms with Crippen molar-refractivity contribution >= 4 is 17.6 Å². The fourth-order valence-electron chi connectivity index (χ4n) is 3.19.